The molecule has 1 nitrogen and oxygen atoms in total. The summed E-state index contributed by atoms with van der Waals surface area (Å²) in [5.41, 5.74) is 0.929. The molecule has 1 atom stereocenters. The number of anilines is 1. The van der Waals surface area contributed by atoms with Crippen LogP contribution in [-0.2, 0) is 0 Å². The van der Waals surface area contributed by atoms with E-state index < -0.39 is 0 Å². The molecule has 1 N–H and O–H groups in total. The Balaban J connectivity index is 2.58. The molecule has 0 heterocycles. The van der Waals surface area contributed by atoms with E-state index in [1.165, 1.54) is 12.1 Å². The van der Waals surface area contributed by atoms with Crippen molar-refractivity contribution in [1.82, 2.24) is 0 Å². The van der Waals surface area contributed by atoms with Crippen LogP contribution >= 0.6 is 12.6 Å². The average Bonchev–Trinajstić information content (AvgIpc) is 2.09. The highest BCUT2D eigenvalue weighted by molar-refractivity contribution is 7.80. The number of benzene rings is 1. The third-order valence-electron chi connectivity index (χ3n) is 1.53. The molecule has 0 aromatic heterocycles. The van der Waals surface area contributed by atoms with Crippen LogP contribution in [0.2, 0.25) is 0 Å². The van der Waals surface area contributed by atoms with Crippen molar-refractivity contribution in [3.63, 3.8) is 0 Å². The van der Waals surface area contributed by atoms with Crippen molar-refractivity contribution in [1.29, 1.82) is 0 Å². The van der Waals surface area contributed by atoms with Gasteiger partial charge in [0.25, 0.3) is 0 Å². The van der Waals surface area contributed by atoms with Crippen molar-refractivity contribution in [3.05, 3.63) is 30.1 Å². The minimum absolute atomic E-state index is 0.209. The van der Waals surface area contributed by atoms with E-state index in [0.29, 0.717) is 6.04 Å². The standard InChI is InChI=1S/C9H12FNS/c1-7(6-12)11-9-4-2-8(10)3-5-9/h2-5,7,11-12H,6H2,1H3/t7-/m0/s1. The first-order valence-corrected chi connectivity index (χ1v) is 4.48. The van der Waals surface area contributed by atoms with Crippen LogP contribution in [-0.4, -0.2) is 11.8 Å². The Kier molecular flexibility index (Phi) is 3.41. The highest BCUT2D eigenvalue weighted by Gasteiger charge is 1.98. The van der Waals surface area contributed by atoms with Crippen LogP contribution in [0.4, 0.5) is 10.1 Å². The molecule has 0 radical (unpaired) electrons. The summed E-state index contributed by atoms with van der Waals surface area (Å²) < 4.78 is 12.5. The molecule has 1 rings (SSSR count). The number of hydrogen-bond donors (Lipinski definition) is 2. The molecule has 1 aromatic rings. The molecule has 0 fully saturated rings. The van der Waals surface area contributed by atoms with Crippen molar-refractivity contribution < 1.29 is 4.39 Å². The first-order chi connectivity index (χ1) is 5.72. The third-order valence-corrected chi connectivity index (χ3v) is 2.08. The van der Waals surface area contributed by atoms with Gasteiger partial charge in [-0.1, -0.05) is 0 Å². The monoisotopic (exact) mass is 185 g/mol. The van der Waals surface area contributed by atoms with Gasteiger partial charge >= 0.3 is 0 Å². The maximum Gasteiger partial charge on any atom is 0.123 e. The number of halogens is 1. The Labute approximate surface area is 77.4 Å². The number of rotatable bonds is 3. The van der Waals surface area contributed by atoms with E-state index in [2.05, 4.69) is 17.9 Å². The predicted molar refractivity (Wildman–Crippen MR) is 53.3 cm³/mol. The lowest BCUT2D eigenvalue weighted by atomic mass is 10.3. The molecule has 0 amide bonds. The highest BCUT2D eigenvalue weighted by Crippen LogP contribution is 2.09. The van der Waals surface area contributed by atoms with E-state index in [9.17, 15) is 4.39 Å². The maximum atomic E-state index is 12.5. The molecule has 0 unspecified atom stereocenters. The number of thiol groups is 1. The van der Waals surface area contributed by atoms with Crippen LogP contribution in [0.3, 0.4) is 0 Å². The predicted octanol–water partition coefficient (Wildman–Crippen LogP) is 2.56. The smallest absolute Gasteiger partial charge is 0.123 e. The molecule has 0 aliphatic carbocycles. The summed E-state index contributed by atoms with van der Waals surface area (Å²) in [5, 5.41) is 3.18. The highest BCUT2D eigenvalue weighted by atomic mass is 32.1. The van der Waals surface area contributed by atoms with E-state index in [1.807, 2.05) is 6.92 Å². The maximum absolute atomic E-state index is 12.5. The van der Waals surface area contributed by atoms with Crippen LogP contribution in [0.25, 0.3) is 0 Å². The summed E-state index contributed by atoms with van der Waals surface area (Å²) in [6, 6.07) is 6.62. The molecule has 0 saturated heterocycles. The quantitative estimate of drug-likeness (QED) is 0.690. The normalized spacial score (nSPS) is 12.6. The Morgan fingerprint density at radius 1 is 1.42 bits per heavy atom. The summed E-state index contributed by atoms with van der Waals surface area (Å²) in [6.07, 6.45) is 0. The number of nitrogens with one attached hydrogen (secondary N) is 1. The van der Waals surface area contributed by atoms with Crippen molar-refractivity contribution in [3.8, 4) is 0 Å². The van der Waals surface area contributed by atoms with Crippen LogP contribution in [0.1, 0.15) is 6.92 Å². The zero-order valence-corrected chi connectivity index (χ0v) is 7.81. The second kappa shape index (κ2) is 4.36. The van der Waals surface area contributed by atoms with Gasteiger partial charge in [0.2, 0.25) is 0 Å². The fourth-order valence-electron chi connectivity index (χ4n) is 0.876. The van der Waals surface area contributed by atoms with E-state index in [-0.39, 0.29) is 5.82 Å². The zero-order valence-electron chi connectivity index (χ0n) is 6.92. The van der Waals surface area contributed by atoms with Gasteiger partial charge in [-0.15, -0.1) is 0 Å². The van der Waals surface area contributed by atoms with Gasteiger partial charge in [0.1, 0.15) is 5.82 Å². The van der Waals surface area contributed by atoms with Gasteiger partial charge in [0.05, 0.1) is 0 Å². The zero-order chi connectivity index (χ0) is 8.97. The van der Waals surface area contributed by atoms with E-state index in [4.69, 9.17) is 0 Å². The molecule has 0 aliphatic rings. The van der Waals surface area contributed by atoms with Crippen molar-refractivity contribution in [2.24, 2.45) is 0 Å². The largest absolute Gasteiger partial charge is 0.382 e. The Morgan fingerprint density at radius 2 is 2.00 bits per heavy atom. The van der Waals surface area contributed by atoms with Crippen LogP contribution in [0.5, 0.6) is 0 Å². The van der Waals surface area contributed by atoms with Crippen LogP contribution in [0.15, 0.2) is 24.3 Å². The molecule has 0 spiro atoms. The Bertz CT molecular complexity index is 235. The number of hydrogen-bond acceptors (Lipinski definition) is 2. The summed E-state index contributed by atoms with van der Waals surface area (Å²) >= 11 is 4.13. The van der Waals surface area contributed by atoms with Gasteiger partial charge in [-0.3, -0.25) is 0 Å². The Hall–Kier alpha value is -0.700. The van der Waals surface area contributed by atoms with Gasteiger partial charge in [0, 0.05) is 17.5 Å². The molecule has 66 valence electrons. The van der Waals surface area contributed by atoms with Crippen molar-refractivity contribution in [2.75, 3.05) is 11.1 Å². The molecule has 0 bridgehead atoms. The van der Waals surface area contributed by atoms with E-state index in [0.717, 1.165) is 11.4 Å². The van der Waals surface area contributed by atoms with E-state index >= 15 is 0 Å². The van der Waals surface area contributed by atoms with Gasteiger partial charge in [-0.05, 0) is 31.2 Å². The minimum Gasteiger partial charge on any atom is -0.382 e. The third kappa shape index (κ3) is 2.74. The summed E-state index contributed by atoms with van der Waals surface area (Å²) in [4.78, 5) is 0. The molecule has 12 heavy (non-hydrogen) atoms. The van der Waals surface area contributed by atoms with Gasteiger partial charge in [-0.25, -0.2) is 4.39 Å². The minimum atomic E-state index is -0.209. The van der Waals surface area contributed by atoms with Crippen LogP contribution < -0.4 is 5.32 Å². The second-order valence-corrected chi connectivity index (χ2v) is 3.10. The van der Waals surface area contributed by atoms with Crippen molar-refractivity contribution in [2.45, 2.75) is 13.0 Å². The van der Waals surface area contributed by atoms with E-state index in [1.54, 1.807) is 12.1 Å². The molecular formula is C9H12FNS. The first-order valence-electron chi connectivity index (χ1n) is 3.85. The van der Waals surface area contributed by atoms with Gasteiger partial charge in [-0.2, -0.15) is 12.6 Å². The molecule has 0 aliphatic heterocycles. The van der Waals surface area contributed by atoms with Crippen molar-refractivity contribution >= 4 is 18.3 Å². The lowest BCUT2D eigenvalue weighted by Gasteiger charge is -2.11. The molecule has 1 aromatic carbocycles. The van der Waals surface area contributed by atoms with Crippen LogP contribution in [0, 0.1) is 5.82 Å². The fraction of sp³-hybridized carbons (Fsp3) is 0.333. The Morgan fingerprint density at radius 3 is 2.50 bits per heavy atom. The lowest BCUT2D eigenvalue weighted by molar-refractivity contribution is 0.628. The average molecular weight is 185 g/mol. The molecular weight excluding hydrogens is 173 g/mol. The first kappa shape index (κ1) is 9.39. The van der Waals surface area contributed by atoms with Gasteiger partial charge < -0.3 is 5.32 Å². The lowest BCUT2D eigenvalue weighted by Crippen LogP contribution is -2.16. The van der Waals surface area contributed by atoms with Gasteiger partial charge in [0.15, 0.2) is 0 Å². The fourth-order valence-corrected chi connectivity index (χ4v) is 0.968. The summed E-state index contributed by atoms with van der Waals surface area (Å²) in [6.45, 7) is 2.02. The molecule has 3 heteroatoms. The summed E-state index contributed by atoms with van der Waals surface area (Å²) in [7, 11) is 0. The molecule has 0 saturated carbocycles. The summed E-state index contributed by atoms with van der Waals surface area (Å²) in [5.74, 6) is 0.552. The second-order valence-electron chi connectivity index (χ2n) is 2.73. The SMILES string of the molecule is C[C@@H](CS)Nc1ccc(F)cc1. The topological polar surface area (TPSA) is 12.0 Å².